The fourth-order valence-corrected chi connectivity index (χ4v) is 7.61. The van der Waals surface area contributed by atoms with Crippen LogP contribution in [-0.2, 0) is 28.6 Å². The van der Waals surface area contributed by atoms with Crippen LogP contribution in [0.2, 0.25) is 0 Å². The van der Waals surface area contributed by atoms with Crippen LogP contribution in [0.5, 0.6) is 0 Å². The monoisotopic (exact) mass is 1030 g/mol. The zero-order valence-corrected chi connectivity index (χ0v) is 48.0. The van der Waals surface area contributed by atoms with E-state index in [1.165, 1.54) is 51.4 Å². The summed E-state index contributed by atoms with van der Waals surface area (Å²) < 4.78 is 16.8. The summed E-state index contributed by atoms with van der Waals surface area (Å²) in [7, 11) is 0. The van der Waals surface area contributed by atoms with Crippen LogP contribution >= 0.6 is 0 Å². The lowest BCUT2D eigenvalue weighted by atomic mass is 10.1. The molecule has 0 radical (unpaired) electrons. The molecule has 75 heavy (non-hydrogen) atoms. The van der Waals surface area contributed by atoms with Crippen molar-refractivity contribution in [2.75, 3.05) is 13.2 Å². The highest BCUT2D eigenvalue weighted by Crippen LogP contribution is 2.14. The van der Waals surface area contributed by atoms with Crippen LogP contribution in [0.3, 0.4) is 0 Å². The van der Waals surface area contributed by atoms with Gasteiger partial charge in [-0.25, -0.2) is 0 Å². The quantitative estimate of drug-likeness (QED) is 0.0261. The number of ether oxygens (including phenoxy) is 3. The van der Waals surface area contributed by atoms with Crippen LogP contribution < -0.4 is 0 Å². The van der Waals surface area contributed by atoms with Crippen LogP contribution in [0.4, 0.5) is 0 Å². The smallest absolute Gasteiger partial charge is 0.306 e. The van der Waals surface area contributed by atoms with Crippen LogP contribution in [0.15, 0.2) is 158 Å². The molecule has 0 saturated heterocycles. The van der Waals surface area contributed by atoms with E-state index >= 15 is 0 Å². The second kappa shape index (κ2) is 61.6. The first-order chi connectivity index (χ1) is 37.0. The maximum Gasteiger partial charge on any atom is 0.306 e. The Morgan fingerprint density at radius 1 is 0.280 bits per heavy atom. The first kappa shape index (κ1) is 70.0. The van der Waals surface area contributed by atoms with Gasteiger partial charge in [0.2, 0.25) is 0 Å². The average Bonchev–Trinajstić information content (AvgIpc) is 3.41. The van der Waals surface area contributed by atoms with E-state index in [2.05, 4.69) is 179 Å². The molecule has 0 aliphatic rings. The number of esters is 3. The van der Waals surface area contributed by atoms with Gasteiger partial charge in [0.15, 0.2) is 6.10 Å². The van der Waals surface area contributed by atoms with Gasteiger partial charge in [-0.2, -0.15) is 0 Å². The summed E-state index contributed by atoms with van der Waals surface area (Å²) in [5.74, 6) is -1.01. The Morgan fingerprint density at radius 3 is 0.867 bits per heavy atom. The third-order valence-corrected chi connectivity index (χ3v) is 12.0. The molecule has 0 aromatic rings. The van der Waals surface area contributed by atoms with E-state index < -0.39 is 6.10 Å². The fourth-order valence-electron chi connectivity index (χ4n) is 7.61. The summed E-state index contributed by atoms with van der Waals surface area (Å²) in [6.07, 6.45) is 89.6. The molecule has 0 aromatic carbocycles. The topological polar surface area (TPSA) is 78.9 Å². The molecule has 0 heterocycles. The van der Waals surface area contributed by atoms with Crippen molar-refractivity contribution >= 4 is 17.9 Å². The minimum absolute atomic E-state index is 0.112. The number of hydrogen-bond donors (Lipinski definition) is 0. The molecule has 0 spiro atoms. The number of unbranched alkanes of at least 4 members (excludes halogenated alkanes) is 15. The van der Waals surface area contributed by atoms with Crippen molar-refractivity contribution in [3.63, 3.8) is 0 Å². The minimum atomic E-state index is -0.822. The molecular formula is C69H108O6. The Bertz CT molecular complexity index is 1710. The molecule has 6 nitrogen and oxygen atoms in total. The second-order valence-corrected chi connectivity index (χ2v) is 19.1. The van der Waals surface area contributed by atoms with E-state index in [4.69, 9.17) is 14.2 Å². The van der Waals surface area contributed by atoms with Crippen molar-refractivity contribution in [3.05, 3.63) is 158 Å². The lowest BCUT2D eigenvalue weighted by Crippen LogP contribution is -2.30. The lowest BCUT2D eigenvalue weighted by Gasteiger charge is -2.18. The molecule has 0 fully saturated rings. The predicted molar refractivity (Wildman–Crippen MR) is 325 cm³/mol. The van der Waals surface area contributed by atoms with Gasteiger partial charge in [-0.1, -0.05) is 256 Å². The second-order valence-electron chi connectivity index (χ2n) is 19.1. The van der Waals surface area contributed by atoms with Gasteiger partial charge >= 0.3 is 17.9 Å². The number of allylic oxidation sites excluding steroid dienone is 26. The van der Waals surface area contributed by atoms with E-state index in [-0.39, 0.29) is 44.0 Å². The zero-order chi connectivity index (χ0) is 54.3. The average molecular weight is 1030 g/mol. The Kier molecular flexibility index (Phi) is 57.5. The largest absolute Gasteiger partial charge is 0.462 e. The van der Waals surface area contributed by atoms with Crippen molar-refractivity contribution in [2.24, 2.45) is 0 Å². The van der Waals surface area contributed by atoms with E-state index in [0.29, 0.717) is 12.8 Å². The maximum atomic E-state index is 12.9. The predicted octanol–water partition coefficient (Wildman–Crippen LogP) is 20.5. The van der Waals surface area contributed by atoms with E-state index in [1.54, 1.807) is 0 Å². The number of carbonyl (C=O) groups is 3. The molecule has 0 aliphatic heterocycles. The van der Waals surface area contributed by atoms with Crippen LogP contribution in [0, 0.1) is 0 Å². The number of hydrogen-bond acceptors (Lipinski definition) is 6. The highest BCUT2D eigenvalue weighted by Gasteiger charge is 2.19. The van der Waals surface area contributed by atoms with Gasteiger partial charge in [-0.05, 0) is 122 Å². The van der Waals surface area contributed by atoms with Gasteiger partial charge < -0.3 is 14.2 Å². The summed E-state index contributed by atoms with van der Waals surface area (Å²) >= 11 is 0. The highest BCUT2D eigenvalue weighted by atomic mass is 16.6. The fraction of sp³-hybridized carbons (Fsp3) is 0.580. The minimum Gasteiger partial charge on any atom is -0.462 e. The van der Waals surface area contributed by atoms with Gasteiger partial charge in [0.05, 0.1) is 0 Å². The summed E-state index contributed by atoms with van der Waals surface area (Å²) in [4.78, 5) is 38.2. The molecule has 6 heteroatoms. The van der Waals surface area contributed by atoms with Gasteiger partial charge in [-0.3, -0.25) is 14.4 Å². The summed E-state index contributed by atoms with van der Waals surface area (Å²) in [5.41, 5.74) is 0. The zero-order valence-electron chi connectivity index (χ0n) is 48.0. The Balaban J connectivity index is 4.51. The molecule has 1 unspecified atom stereocenters. The molecule has 0 N–H and O–H groups in total. The Morgan fingerprint density at radius 2 is 0.533 bits per heavy atom. The lowest BCUT2D eigenvalue weighted by molar-refractivity contribution is -0.167. The third-order valence-electron chi connectivity index (χ3n) is 12.0. The van der Waals surface area contributed by atoms with Crippen LogP contribution in [-0.4, -0.2) is 37.2 Å². The van der Waals surface area contributed by atoms with Crippen molar-refractivity contribution in [1.29, 1.82) is 0 Å². The third kappa shape index (κ3) is 59.8. The van der Waals surface area contributed by atoms with Crippen LogP contribution in [0.25, 0.3) is 0 Å². The summed E-state index contributed by atoms with van der Waals surface area (Å²) in [5, 5.41) is 0. The molecule has 0 saturated carbocycles. The van der Waals surface area contributed by atoms with Gasteiger partial charge in [0.1, 0.15) is 13.2 Å². The van der Waals surface area contributed by atoms with E-state index in [1.807, 2.05) is 0 Å². The first-order valence-electron chi connectivity index (χ1n) is 30.0. The molecule has 0 rings (SSSR count). The maximum absolute atomic E-state index is 12.9. The molecule has 420 valence electrons. The summed E-state index contributed by atoms with van der Waals surface area (Å²) in [6.45, 7) is 6.32. The number of rotatable bonds is 52. The molecule has 1 atom stereocenters. The SMILES string of the molecule is CC/C=C\C/C=C\C/C=C\C/C=C\C/C=C\C/C=C\C/C=C\CCCC(=O)OCC(COC(=O)CCCCCCCCCCCCC)OC(=O)CCCCCC/C=C\C/C=C\C/C=C\C/C=C\C/C=C\C/C=C\CC. The van der Waals surface area contributed by atoms with Crippen molar-refractivity contribution in [2.45, 2.75) is 245 Å². The van der Waals surface area contributed by atoms with E-state index in [9.17, 15) is 14.4 Å². The Labute approximate surface area is 460 Å². The van der Waals surface area contributed by atoms with Crippen LogP contribution in [0.1, 0.15) is 239 Å². The normalized spacial score (nSPS) is 13.3. The van der Waals surface area contributed by atoms with Crippen molar-refractivity contribution < 1.29 is 28.6 Å². The van der Waals surface area contributed by atoms with Crippen molar-refractivity contribution in [1.82, 2.24) is 0 Å². The van der Waals surface area contributed by atoms with E-state index in [0.717, 1.165) is 141 Å². The molecular weight excluding hydrogens is 925 g/mol. The standard InChI is InChI=1S/C69H108O6/c1-4-7-10-13-16-19-22-24-26-28-30-32-34-36-38-40-42-44-47-50-53-56-59-62-68(71)74-65-66(64-73-67(70)61-58-55-52-49-46-21-18-15-12-9-6-3)75-69(72)63-60-57-54-51-48-45-43-41-39-37-35-33-31-29-27-25-23-20-17-14-11-8-5-2/h7-8,10-11,16-17,19-20,24-27,30-33,36-39,42-45,50,53,66H,4-6,9,12-15,18,21-23,28-29,34-35,40-41,46-49,51-52,54-65H2,1-3H3/b10-7-,11-8-,19-16-,20-17-,26-24-,27-25-,32-30-,33-31-,38-36-,39-37-,44-42-,45-43-,53-50-. The number of carbonyl (C=O) groups excluding carboxylic acids is 3. The van der Waals surface area contributed by atoms with Gasteiger partial charge in [0.25, 0.3) is 0 Å². The molecule has 0 bridgehead atoms. The summed E-state index contributed by atoms with van der Waals surface area (Å²) in [6, 6.07) is 0. The first-order valence-corrected chi connectivity index (χ1v) is 30.0. The van der Waals surface area contributed by atoms with Gasteiger partial charge in [0, 0.05) is 19.3 Å². The van der Waals surface area contributed by atoms with Gasteiger partial charge in [-0.15, -0.1) is 0 Å². The van der Waals surface area contributed by atoms with Crippen molar-refractivity contribution in [3.8, 4) is 0 Å². The Hall–Kier alpha value is -4.97. The molecule has 0 aliphatic carbocycles. The molecule has 0 amide bonds. The molecule has 0 aromatic heterocycles. The highest BCUT2D eigenvalue weighted by molar-refractivity contribution is 5.71.